The first-order valence-electron chi connectivity index (χ1n) is 7.43. The van der Waals surface area contributed by atoms with Crippen molar-refractivity contribution in [3.05, 3.63) is 45.5 Å². The van der Waals surface area contributed by atoms with Crippen LogP contribution in [0.5, 0.6) is 0 Å². The van der Waals surface area contributed by atoms with Crippen molar-refractivity contribution in [2.24, 2.45) is 7.05 Å². The molecule has 0 fully saturated rings. The van der Waals surface area contributed by atoms with Gasteiger partial charge in [0.25, 0.3) is 5.56 Å². The van der Waals surface area contributed by atoms with Gasteiger partial charge in [0, 0.05) is 12.7 Å². The molecule has 0 saturated carbocycles. The minimum atomic E-state index is -0.207. The van der Waals surface area contributed by atoms with Crippen LogP contribution < -0.4 is 16.6 Å². The lowest BCUT2D eigenvalue weighted by molar-refractivity contribution is -0.115. The van der Waals surface area contributed by atoms with E-state index in [0.717, 1.165) is 16.8 Å². The molecule has 8 heteroatoms. The monoisotopic (exact) mass is 326 g/mol. The van der Waals surface area contributed by atoms with Crippen molar-refractivity contribution < 1.29 is 4.79 Å². The second kappa shape index (κ2) is 5.80. The molecule has 0 aliphatic heterocycles. The highest BCUT2D eigenvalue weighted by Crippen LogP contribution is 2.20. The molecule has 24 heavy (non-hydrogen) atoms. The van der Waals surface area contributed by atoms with Crippen molar-refractivity contribution in [2.75, 3.05) is 11.1 Å². The molecule has 124 valence electrons. The van der Waals surface area contributed by atoms with Gasteiger partial charge in [-0.3, -0.25) is 19.4 Å². The van der Waals surface area contributed by atoms with E-state index >= 15 is 0 Å². The lowest BCUT2D eigenvalue weighted by atomic mass is 10.0. The van der Waals surface area contributed by atoms with Crippen LogP contribution in [0.3, 0.4) is 0 Å². The van der Waals surface area contributed by atoms with Crippen LogP contribution in [-0.2, 0) is 18.3 Å². The Morgan fingerprint density at radius 1 is 1.38 bits per heavy atom. The number of nitrogens with two attached hydrogens (primary N) is 1. The summed E-state index contributed by atoms with van der Waals surface area (Å²) >= 11 is 0. The second-order valence-corrected chi connectivity index (χ2v) is 5.70. The molecule has 4 N–H and O–H groups in total. The number of aromatic nitrogens is 4. The third kappa shape index (κ3) is 2.73. The van der Waals surface area contributed by atoms with E-state index in [1.807, 2.05) is 13.8 Å². The summed E-state index contributed by atoms with van der Waals surface area (Å²) in [5, 5.41) is 5.97. The molecule has 0 radical (unpaired) electrons. The topological polar surface area (TPSA) is 119 Å². The first-order valence-corrected chi connectivity index (χ1v) is 7.43. The Morgan fingerprint density at radius 2 is 2.12 bits per heavy atom. The maximum absolute atomic E-state index is 12.3. The number of nitrogens with zero attached hydrogens (tertiary/aromatic N) is 3. The lowest BCUT2D eigenvalue weighted by Crippen LogP contribution is -2.17. The Kier molecular flexibility index (Phi) is 3.80. The van der Waals surface area contributed by atoms with Crippen LogP contribution in [0.2, 0.25) is 0 Å². The number of amides is 1. The SMILES string of the molecule is Cc1nc2c(c(C)c1CC(=O)Nc1ccc(N)nc1)c(=O)[nH]n2C. The fourth-order valence-corrected chi connectivity index (χ4v) is 2.75. The van der Waals surface area contributed by atoms with Gasteiger partial charge in [-0.2, -0.15) is 0 Å². The number of nitrogens with one attached hydrogen (secondary N) is 2. The van der Waals surface area contributed by atoms with Gasteiger partial charge in [-0.15, -0.1) is 0 Å². The van der Waals surface area contributed by atoms with E-state index in [0.29, 0.717) is 22.5 Å². The van der Waals surface area contributed by atoms with Gasteiger partial charge in [0.05, 0.1) is 23.7 Å². The molecule has 1 amide bonds. The third-order valence-electron chi connectivity index (χ3n) is 3.98. The molecule has 0 saturated heterocycles. The lowest BCUT2D eigenvalue weighted by Gasteiger charge is -2.11. The molecule has 3 heterocycles. The first kappa shape index (κ1) is 15.7. The summed E-state index contributed by atoms with van der Waals surface area (Å²) in [6, 6.07) is 3.30. The number of aromatic amines is 1. The highest BCUT2D eigenvalue weighted by molar-refractivity contribution is 5.93. The zero-order valence-corrected chi connectivity index (χ0v) is 13.7. The molecule has 3 aromatic rings. The van der Waals surface area contributed by atoms with Crippen LogP contribution in [0.25, 0.3) is 11.0 Å². The zero-order chi connectivity index (χ0) is 17.4. The van der Waals surface area contributed by atoms with E-state index in [1.54, 1.807) is 23.9 Å². The van der Waals surface area contributed by atoms with Crippen LogP contribution in [0.4, 0.5) is 11.5 Å². The molecule has 0 aromatic carbocycles. The molecule has 0 atom stereocenters. The number of carbonyl (C=O) groups is 1. The van der Waals surface area contributed by atoms with Gasteiger partial charge in [0.1, 0.15) is 5.82 Å². The summed E-state index contributed by atoms with van der Waals surface area (Å²) in [5.74, 6) is 0.180. The maximum Gasteiger partial charge on any atom is 0.273 e. The normalized spacial score (nSPS) is 11.0. The summed E-state index contributed by atoms with van der Waals surface area (Å²) in [6.07, 6.45) is 1.62. The minimum Gasteiger partial charge on any atom is -0.384 e. The van der Waals surface area contributed by atoms with Crippen LogP contribution in [0.15, 0.2) is 23.1 Å². The minimum absolute atomic E-state index is 0.124. The van der Waals surface area contributed by atoms with Crippen molar-refractivity contribution in [1.82, 2.24) is 19.7 Å². The quantitative estimate of drug-likeness (QED) is 0.664. The van der Waals surface area contributed by atoms with Crippen LogP contribution in [-0.4, -0.2) is 25.7 Å². The van der Waals surface area contributed by atoms with E-state index < -0.39 is 0 Å². The van der Waals surface area contributed by atoms with Gasteiger partial charge in [-0.05, 0) is 37.1 Å². The number of fused-ring (bicyclic) bond motifs is 1. The average molecular weight is 326 g/mol. The molecular formula is C16H18N6O2. The predicted molar refractivity (Wildman–Crippen MR) is 91.8 cm³/mol. The average Bonchev–Trinajstić information content (AvgIpc) is 2.80. The van der Waals surface area contributed by atoms with Crippen molar-refractivity contribution in [3.63, 3.8) is 0 Å². The number of nitrogen functional groups attached to an aromatic ring is 1. The first-order chi connectivity index (χ1) is 11.4. The van der Waals surface area contributed by atoms with Crippen molar-refractivity contribution >= 4 is 28.4 Å². The Morgan fingerprint density at radius 3 is 2.79 bits per heavy atom. The predicted octanol–water partition coefficient (Wildman–Crippen LogP) is 1.04. The van der Waals surface area contributed by atoms with Crippen LogP contribution in [0.1, 0.15) is 16.8 Å². The Bertz CT molecular complexity index is 984. The Balaban J connectivity index is 1.92. The molecule has 0 unspecified atom stereocenters. The number of hydrogen-bond donors (Lipinski definition) is 3. The maximum atomic E-state index is 12.3. The second-order valence-electron chi connectivity index (χ2n) is 5.70. The van der Waals surface area contributed by atoms with Crippen molar-refractivity contribution in [2.45, 2.75) is 20.3 Å². The highest BCUT2D eigenvalue weighted by Gasteiger charge is 2.17. The summed E-state index contributed by atoms with van der Waals surface area (Å²) in [7, 11) is 1.73. The summed E-state index contributed by atoms with van der Waals surface area (Å²) < 4.78 is 1.58. The van der Waals surface area contributed by atoms with Crippen LogP contribution >= 0.6 is 0 Å². The number of carbonyl (C=O) groups excluding carboxylic acids is 1. The molecule has 0 bridgehead atoms. The van der Waals surface area contributed by atoms with E-state index in [1.165, 1.54) is 6.20 Å². The van der Waals surface area contributed by atoms with Gasteiger partial charge < -0.3 is 11.1 Å². The summed E-state index contributed by atoms with van der Waals surface area (Å²) in [4.78, 5) is 32.7. The van der Waals surface area contributed by atoms with E-state index in [4.69, 9.17) is 5.73 Å². The van der Waals surface area contributed by atoms with Crippen molar-refractivity contribution in [1.29, 1.82) is 0 Å². The summed E-state index contributed by atoms with van der Waals surface area (Å²) in [5.41, 5.74) is 8.71. The summed E-state index contributed by atoms with van der Waals surface area (Å²) in [6.45, 7) is 3.66. The fraction of sp³-hybridized carbons (Fsp3) is 0.250. The number of pyridine rings is 2. The van der Waals surface area contributed by atoms with Gasteiger partial charge >= 0.3 is 0 Å². The van der Waals surface area contributed by atoms with Gasteiger partial charge in [0.2, 0.25) is 5.91 Å². The molecule has 0 aliphatic rings. The van der Waals surface area contributed by atoms with Gasteiger partial charge in [-0.1, -0.05) is 0 Å². The van der Waals surface area contributed by atoms with Crippen molar-refractivity contribution in [3.8, 4) is 0 Å². The van der Waals surface area contributed by atoms with E-state index in [-0.39, 0.29) is 17.9 Å². The third-order valence-corrected chi connectivity index (χ3v) is 3.98. The van der Waals surface area contributed by atoms with Gasteiger partial charge in [0.15, 0.2) is 5.65 Å². The number of hydrogen-bond acceptors (Lipinski definition) is 5. The number of anilines is 2. The van der Waals surface area contributed by atoms with E-state index in [9.17, 15) is 9.59 Å². The Labute approximate surface area is 137 Å². The largest absolute Gasteiger partial charge is 0.384 e. The van der Waals surface area contributed by atoms with E-state index in [2.05, 4.69) is 20.4 Å². The number of H-pyrrole nitrogens is 1. The standard InChI is InChI=1S/C16H18N6O2/c1-8-11(6-13(23)20-10-4-5-12(17)18-7-10)9(2)19-15-14(8)16(24)21-22(15)3/h4-5,7H,6H2,1-3H3,(H2,17,18)(H,20,23)(H,21,24). The highest BCUT2D eigenvalue weighted by atomic mass is 16.1. The molecule has 0 aliphatic carbocycles. The number of rotatable bonds is 3. The molecular weight excluding hydrogens is 308 g/mol. The Hall–Kier alpha value is -3.16. The molecule has 8 nitrogen and oxygen atoms in total. The molecule has 0 spiro atoms. The smallest absolute Gasteiger partial charge is 0.273 e. The molecule has 3 aromatic heterocycles. The number of aryl methyl sites for hydroxylation is 3. The van der Waals surface area contributed by atoms with Crippen LogP contribution in [0, 0.1) is 13.8 Å². The molecule has 3 rings (SSSR count). The fourth-order valence-electron chi connectivity index (χ4n) is 2.75. The zero-order valence-electron chi connectivity index (χ0n) is 13.7. The van der Waals surface area contributed by atoms with Gasteiger partial charge in [-0.25, -0.2) is 9.97 Å².